The Labute approximate surface area is 318 Å². The quantitative estimate of drug-likeness (QED) is 0.0995. The standard InChI is InChI=1S/C52H53N/c1-8-41-23-16-19-30-46(41)40(7)39(6)45(37(3)4)29-18-17-24-42-35-38(5)36-48-47(42)31-22-33-49(48)52(43-25-12-10-13-26-43,44-27-14-11-15-28-44)50-32-20-21-34-51(50)53-9-2/h10-36,53H,8-9H2,1-7H3/b24-17+,29-18-,40-39+. The van der Waals surface area contributed by atoms with Crippen LogP contribution >= 0.6 is 0 Å². The number of nitrogens with one attached hydrogen (secondary N) is 1. The maximum atomic E-state index is 3.72. The van der Waals surface area contributed by atoms with E-state index in [0.717, 1.165) is 18.7 Å². The van der Waals surface area contributed by atoms with Crippen LogP contribution in [0.3, 0.4) is 0 Å². The average Bonchev–Trinajstić information content (AvgIpc) is 3.19. The molecular formula is C52H53N. The smallest absolute Gasteiger partial charge is 0.0727 e. The van der Waals surface area contributed by atoms with E-state index in [-0.39, 0.29) is 0 Å². The van der Waals surface area contributed by atoms with E-state index in [9.17, 15) is 0 Å². The number of hydrogen-bond donors (Lipinski definition) is 1. The largest absolute Gasteiger partial charge is 0.385 e. The molecular weight excluding hydrogens is 639 g/mol. The highest BCUT2D eigenvalue weighted by molar-refractivity contribution is 5.96. The summed E-state index contributed by atoms with van der Waals surface area (Å²) < 4.78 is 0. The number of aryl methyl sites for hydroxylation is 2. The molecule has 53 heavy (non-hydrogen) atoms. The summed E-state index contributed by atoms with van der Waals surface area (Å²) in [6.45, 7) is 16.4. The minimum absolute atomic E-state index is 0.577. The minimum Gasteiger partial charge on any atom is -0.385 e. The van der Waals surface area contributed by atoms with Gasteiger partial charge < -0.3 is 5.32 Å². The van der Waals surface area contributed by atoms with Crippen molar-refractivity contribution in [1.82, 2.24) is 0 Å². The second-order valence-electron chi connectivity index (χ2n) is 14.2. The Morgan fingerprint density at radius 1 is 0.623 bits per heavy atom. The minimum atomic E-state index is -0.577. The topological polar surface area (TPSA) is 12.0 Å². The molecule has 6 aromatic carbocycles. The monoisotopic (exact) mass is 691 g/mol. The van der Waals surface area contributed by atoms with E-state index in [1.807, 2.05) is 0 Å². The van der Waals surface area contributed by atoms with Crippen LogP contribution in [0.1, 0.15) is 86.1 Å². The van der Waals surface area contributed by atoms with Gasteiger partial charge in [0, 0.05) is 12.2 Å². The second-order valence-corrected chi connectivity index (χ2v) is 14.2. The molecule has 0 saturated heterocycles. The lowest BCUT2D eigenvalue weighted by atomic mass is 9.63. The highest BCUT2D eigenvalue weighted by atomic mass is 14.9. The zero-order valence-electron chi connectivity index (χ0n) is 32.5. The Balaban J connectivity index is 1.52. The summed E-state index contributed by atoms with van der Waals surface area (Å²) in [5.41, 5.74) is 16.0. The molecule has 1 N–H and O–H groups in total. The number of hydrogen-bond acceptors (Lipinski definition) is 1. The lowest BCUT2D eigenvalue weighted by molar-refractivity contribution is 0.753. The van der Waals surface area contributed by atoms with Crippen LogP contribution in [0.15, 0.2) is 174 Å². The molecule has 0 heterocycles. The fourth-order valence-electron chi connectivity index (χ4n) is 8.07. The zero-order chi connectivity index (χ0) is 37.4. The predicted octanol–water partition coefficient (Wildman–Crippen LogP) is 13.9. The molecule has 0 aliphatic heterocycles. The van der Waals surface area contributed by atoms with Gasteiger partial charge in [-0.05, 0) is 126 Å². The van der Waals surface area contributed by atoms with Crippen LogP contribution in [-0.4, -0.2) is 6.54 Å². The van der Waals surface area contributed by atoms with Gasteiger partial charge in [-0.3, -0.25) is 0 Å². The van der Waals surface area contributed by atoms with Crippen molar-refractivity contribution in [1.29, 1.82) is 0 Å². The third-order valence-electron chi connectivity index (χ3n) is 10.6. The molecule has 0 saturated carbocycles. The molecule has 0 radical (unpaired) electrons. The van der Waals surface area contributed by atoms with Gasteiger partial charge in [0.2, 0.25) is 0 Å². The van der Waals surface area contributed by atoms with Gasteiger partial charge in [0.25, 0.3) is 0 Å². The highest BCUT2D eigenvalue weighted by Gasteiger charge is 2.41. The molecule has 1 nitrogen and oxygen atoms in total. The number of para-hydroxylation sites is 1. The zero-order valence-corrected chi connectivity index (χ0v) is 32.5. The molecule has 6 aromatic rings. The first kappa shape index (κ1) is 37.1. The number of allylic oxidation sites excluding steroid dienone is 7. The molecule has 1 heteroatoms. The molecule has 0 atom stereocenters. The van der Waals surface area contributed by atoms with Crippen LogP contribution < -0.4 is 5.32 Å². The van der Waals surface area contributed by atoms with Crippen LogP contribution in [0.4, 0.5) is 5.69 Å². The Morgan fingerprint density at radius 3 is 1.91 bits per heavy atom. The first-order chi connectivity index (χ1) is 25.8. The molecule has 0 bridgehead atoms. The lowest BCUT2D eigenvalue weighted by Crippen LogP contribution is -2.32. The van der Waals surface area contributed by atoms with Crippen LogP contribution in [-0.2, 0) is 11.8 Å². The van der Waals surface area contributed by atoms with Gasteiger partial charge in [-0.1, -0.05) is 170 Å². The second kappa shape index (κ2) is 16.8. The number of anilines is 1. The lowest BCUT2D eigenvalue weighted by Gasteiger charge is -2.39. The van der Waals surface area contributed by atoms with Gasteiger partial charge in [0.1, 0.15) is 0 Å². The Kier molecular flexibility index (Phi) is 11.8. The van der Waals surface area contributed by atoms with E-state index in [1.54, 1.807) is 0 Å². The number of benzene rings is 6. The summed E-state index contributed by atoms with van der Waals surface area (Å²) >= 11 is 0. The SMILES string of the molecule is CCNc1ccccc1C(c1ccccc1)(c1ccccc1)c1cccc2c(/C=C/C=C\C(=C(C)C)/C(C)=C(\C)c3ccccc3CC)cc(C)cc12. The Bertz CT molecular complexity index is 2270. The van der Waals surface area contributed by atoms with Crippen LogP contribution in [0.5, 0.6) is 0 Å². The number of fused-ring (bicyclic) bond motifs is 1. The predicted molar refractivity (Wildman–Crippen MR) is 232 cm³/mol. The Hall–Kier alpha value is -5.66. The molecule has 0 aliphatic rings. The van der Waals surface area contributed by atoms with Gasteiger partial charge in [0.05, 0.1) is 5.41 Å². The third-order valence-corrected chi connectivity index (χ3v) is 10.6. The van der Waals surface area contributed by atoms with Crippen molar-refractivity contribution in [3.05, 3.63) is 219 Å². The molecule has 266 valence electrons. The summed E-state index contributed by atoms with van der Waals surface area (Å²) in [5.74, 6) is 0. The van der Waals surface area contributed by atoms with Gasteiger partial charge in [0.15, 0.2) is 0 Å². The Morgan fingerprint density at radius 2 is 1.25 bits per heavy atom. The fourth-order valence-corrected chi connectivity index (χ4v) is 8.07. The van der Waals surface area contributed by atoms with E-state index in [1.165, 1.54) is 77.6 Å². The summed E-state index contributed by atoms with van der Waals surface area (Å²) in [6, 6.07) is 51.2. The van der Waals surface area contributed by atoms with Gasteiger partial charge in [-0.15, -0.1) is 0 Å². The maximum Gasteiger partial charge on any atom is 0.0727 e. The molecule has 6 rings (SSSR count). The van der Waals surface area contributed by atoms with Crippen molar-refractivity contribution in [3.63, 3.8) is 0 Å². The van der Waals surface area contributed by atoms with Gasteiger partial charge in [-0.2, -0.15) is 0 Å². The normalized spacial score (nSPS) is 12.4. The van der Waals surface area contributed by atoms with E-state index in [4.69, 9.17) is 0 Å². The van der Waals surface area contributed by atoms with E-state index in [2.05, 4.69) is 218 Å². The van der Waals surface area contributed by atoms with Crippen LogP contribution in [0.2, 0.25) is 0 Å². The van der Waals surface area contributed by atoms with E-state index >= 15 is 0 Å². The number of rotatable bonds is 12. The summed E-state index contributed by atoms with van der Waals surface area (Å²) in [5, 5.41) is 6.21. The highest BCUT2D eigenvalue weighted by Crippen LogP contribution is 2.50. The van der Waals surface area contributed by atoms with Crippen molar-refractivity contribution in [2.45, 2.75) is 60.3 Å². The molecule has 0 amide bonds. The van der Waals surface area contributed by atoms with Crippen molar-refractivity contribution in [3.8, 4) is 0 Å². The van der Waals surface area contributed by atoms with Crippen molar-refractivity contribution in [2.24, 2.45) is 0 Å². The van der Waals surface area contributed by atoms with Crippen LogP contribution in [0.25, 0.3) is 22.4 Å². The van der Waals surface area contributed by atoms with Crippen molar-refractivity contribution in [2.75, 3.05) is 11.9 Å². The van der Waals surface area contributed by atoms with Gasteiger partial charge in [-0.25, -0.2) is 0 Å². The third kappa shape index (κ3) is 7.48. The fraction of sp³-hybridized carbons (Fsp3) is 0.192. The first-order valence-electron chi connectivity index (χ1n) is 19.1. The molecule has 0 unspecified atom stereocenters. The van der Waals surface area contributed by atoms with Gasteiger partial charge >= 0.3 is 0 Å². The van der Waals surface area contributed by atoms with E-state index in [0.29, 0.717) is 0 Å². The van der Waals surface area contributed by atoms with Crippen molar-refractivity contribution < 1.29 is 0 Å². The molecule has 0 fully saturated rings. The average molecular weight is 692 g/mol. The molecule has 0 spiro atoms. The summed E-state index contributed by atoms with van der Waals surface area (Å²) in [6.07, 6.45) is 9.98. The van der Waals surface area contributed by atoms with E-state index < -0.39 is 5.41 Å². The first-order valence-corrected chi connectivity index (χ1v) is 19.1. The molecule has 0 aliphatic carbocycles. The van der Waals surface area contributed by atoms with Crippen LogP contribution in [0, 0.1) is 6.92 Å². The summed E-state index contributed by atoms with van der Waals surface area (Å²) in [7, 11) is 0. The summed E-state index contributed by atoms with van der Waals surface area (Å²) in [4.78, 5) is 0. The maximum absolute atomic E-state index is 3.72. The molecule has 0 aromatic heterocycles. The van der Waals surface area contributed by atoms with Crippen molar-refractivity contribution >= 4 is 28.1 Å².